The third kappa shape index (κ3) is 6.84. The lowest BCUT2D eigenvalue weighted by molar-refractivity contribution is -0.142. The van der Waals surface area contributed by atoms with Gasteiger partial charge in [0.25, 0.3) is 5.91 Å². The molecule has 3 aromatic rings. The Bertz CT molecular complexity index is 1110. The molecule has 0 saturated heterocycles. The number of aryl methyl sites for hydroxylation is 2. The maximum atomic E-state index is 13.5. The molecule has 7 heteroatoms. The zero-order chi connectivity index (χ0) is 24.7. The van der Waals surface area contributed by atoms with Crippen molar-refractivity contribution >= 4 is 39.3 Å². The molecule has 0 fully saturated rings. The van der Waals surface area contributed by atoms with E-state index in [1.807, 2.05) is 80.6 Å². The molecule has 0 radical (unpaired) electrons. The van der Waals surface area contributed by atoms with E-state index < -0.39 is 6.04 Å². The second-order valence-corrected chi connectivity index (χ2v) is 9.42. The molecule has 1 N–H and O–H groups in total. The number of nitrogens with one attached hydrogen (secondary N) is 1. The molecule has 3 rings (SSSR count). The van der Waals surface area contributed by atoms with Crippen LogP contribution in [0.1, 0.15) is 22.3 Å². The van der Waals surface area contributed by atoms with Crippen LogP contribution in [0.4, 0.5) is 0 Å². The fourth-order valence-corrected chi connectivity index (χ4v) is 4.10. The molecule has 0 spiro atoms. The molecule has 0 aliphatic rings. The van der Waals surface area contributed by atoms with Gasteiger partial charge in [0.05, 0.1) is 0 Å². The van der Waals surface area contributed by atoms with Crippen molar-refractivity contribution in [2.75, 3.05) is 13.7 Å². The fraction of sp³-hybridized carbons (Fsp3) is 0.259. The lowest BCUT2D eigenvalue weighted by Crippen LogP contribution is -2.51. The van der Waals surface area contributed by atoms with E-state index in [1.54, 1.807) is 11.9 Å². The standard InChI is InChI=1S/C27H28BrClN2O3/c1-18-13-23(14-19(2)26(18)29)34-17-25(32)31(16-21-9-11-22(28)12-10-21)24(27(33)30-3)15-20-7-5-4-6-8-20/h4-14,24H,15-17H2,1-3H3,(H,30,33). The summed E-state index contributed by atoms with van der Waals surface area (Å²) in [6, 6.07) is 20.3. The van der Waals surface area contributed by atoms with Gasteiger partial charge in [-0.2, -0.15) is 0 Å². The van der Waals surface area contributed by atoms with Crippen LogP contribution in [-0.2, 0) is 22.6 Å². The van der Waals surface area contributed by atoms with Crippen molar-refractivity contribution in [3.05, 3.63) is 98.5 Å². The minimum absolute atomic E-state index is 0.195. The normalized spacial score (nSPS) is 11.6. The maximum absolute atomic E-state index is 13.5. The van der Waals surface area contributed by atoms with Crippen molar-refractivity contribution in [2.24, 2.45) is 0 Å². The van der Waals surface area contributed by atoms with Crippen LogP contribution in [0.2, 0.25) is 5.02 Å². The van der Waals surface area contributed by atoms with Crippen LogP contribution < -0.4 is 10.1 Å². The van der Waals surface area contributed by atoms with Crippen LogP contribution in [0.15, 0.2) is 71.2 Å². The highest BCUT2D eigenvalue weighted by atomic mass is 79.9. The van der Waals surface area contributed by atoms with Crippen molar-refractivity contribution in [1.82, 2.24) is 10.2 Å². The lowest BCUT2D eigenvalue weighted by atomic mass is 10.0. The Morgan fingerprint density at radius 1 is 1.00 bits per heavy atom. The highest BCUT2D eigenvalue weighted by Crippen LogP contribution is 2.26. The number of halogens is 2. The smallest absolute Gasteiger partial charge is 0.261 e. The number of ether oxygens (including phenoxy) is 1. The van der Waals surface area contributed by atoms with Crippen molar-refractivity contribution in [3.8, 4) is 5.75 Å². The van der Waals surface area contributed by atoms with Gasteiger partial charge in [-0.05, 0) is 60.4 Å². The first-order valence-corrected chi connectivity index (χ1v) is 12.1. The van der Waals surface area contributed by atoms with Gasteiger partial charge < -0.3 is 15.0 Å². The molecule has 0 saturated carbocycles. The van der Waals surface area contributed by atoms with Gasteiger partial charge in [0.1, 0.15) is 11.8 Å². The molecule has 1 unspecified atom stereocenters. The molecule has 2 amide bonds. The lowest BCUT2D eigenvalue weighted by Gasteiger charge is -2.31. The summed E-state index contributed by atoms with van der Waals surface area (Å²) in [5.41, 5.74) is 3.64. The zero-order valence-corrected chi connectivity index (χ0v) is 21.8. The SMILES string of the molecule is CNC(=O)C(Cc1ccccc1)N(Cc1ccc(Br)cc1)C(=O)COc1cc(C)c(Cl)c(C)c1. The quantitative estimate of drug-likeness (QED) is 0.389. The van der Waals surface area contributed by atoms with Gasteiger partial charge in [-0.3, -0.25) is 9.59 Å². The van der Waals surface area contributed by atoms with E-state index in [4.69, 9.17) is 16.3 Å². The molecule has 0 bridgehead atoms. The van der Waals surface area contributed by atoms with E-state index in [2.05, 4.69) is 21.2 Å². The van der Waals surface area contributed by atoms with Gasteiger partial charge in [0.2, 0.25) is 5.91 Å². The molecule has 0 aliphatic carbocycles. The largest absolute Gasteiger partial charge is 0.484 e. The summed E-state index contributed by atoms with van der Waals surface area (Å²) in [6.45, 7) is 3.87. The number of rotatable bonds is 9. The first kappa shape index (κ1) is 25.8. The monoisotopic (exact) mass is 542 g/mol. The zero-order valence-electron chi connectivity index (χ0n) is 19.5. The van der Waals surface area contributed by atoms with Crippen molar-refractivity contribution in [2.45, 2.75) is 32.9 Å². The number of carbonyl (C=O) groups is 2. The average Bonchev–Trinajstić information content (AvgIpc) is 2.84. The van der Waals surface area contributed by atoms with Crippen molar-refractivity contribution in [3.63, 3.8) is 0 Å². The Balaban J connectivity index is 1.88. The summed E-state index contributed by atoms with van der Waals surface area (Å²) >= 11 is 9.70. The highest BCUT2D eigenvalue weighted by Gasteiger charge is 2.30. The Morgan fingerprint density at radius 3 is 2.21 bits per heavy atom. The number of amides is 2. The van der Waals surface area contributed by atoms with Gasteiger partial charge in [-0.15, -0.1) is 0 Å². The summed E-state index contributed by atoms with van der Waals surface area (Å²) in [6.07, 6.45) is 0.391. The van der Waals surface area contributed by atoms with Gasteiger partial charge in [0.15, 0.2) is 6.61 Å². The Labute approximate surface area is 214 Å². The second kappa shape index (κ2) is 12.0. The molecule has 0 aliphatic heterocycles. The number of nitrogens with zero attached hydrogens (tertiary/aromatic N) is 1. The number of carbonyl (C=O) groups excluding carboxylic acids is 2. The van der Waals surface area contributed by atoms with Crippen LogP contribution in [-0.4, -0.2) is 36.4 Å². The molecule has 0 heterocycles. The summed E-state index contributed by atoms with van der Waals surface area (Å²) in [4.78, 5) is 28.0. The first-order chi connectivity index (χ1) is 16.3. The van der Waals surface area contributed by atoms with Crippen LogP contribution in [0.25, 0.3) is 0 Å². The number of benzene rings is 3. The van der Waals surface area contributed by atoms with Crippen LogP contribution in [0, 0.1) is 13.8 Å². The average molecular weight is 544 g/mol. The van der Waals surface area contributed by atoms with Gasteiger partial charge in [-0.25, -0.2) is 0 Å². The molecule has 1 atom stereocenters. The summed E-state index contributed by atoms with van der Waals surface area (Å²) in [7, 11) is 1.58. The Kier molecular flexibility index (Phi) is 9.13. The van der Waals surface area contributed by atoms with Crippen molar-refractivity contribution in [1.29, 1.82) is 0 Å². The van der Waals surface area contributed by atoms with E-state index in [-0.39, 0.29) is 25.0 Å². The third-order valence-corrected chi connectivity index (χ3v) is 6.68. The fourth-order valence-electron chi connectivity index (χ4n) is 3.72. The first-order valence-electron chi connectivity index (χ1n) is 11.0. The molecule has 178 valence electrons. The number of hydrogen-bond acceptors (Lipinski definition) is 3. The van der Waals surface area contributed by atoms with E-state index >= 15 is 0 Å². The Morgan fingerprint density at radius 2 is 1.62 bits per heavy atom. The summed E-state index contributed by atoms with van der Waals surface area (Å²) in [5.74, 6) is 0.0566. The van der Waals surface area contributed by atoms with E-state index in [9.17, 15) is 9.59 Å². The van der Waals surface area contributed by atoms with Gasteiger partial charge >= 0.3 is 0 Å². The van der Waals surface area contributed by atoms with Crippen molar-refractivity contribution < 1.29 is 14.3 Å². The third-order valence-electron chi connectivity index (χ3n) is 5.56. The van der Waals surface area contributed by atoms with E-state index in [0.29, 0.717) is 17.2 Å². The predicted molar refractivity (Wildman–Crippen MR) is 139 cm³/mol. The minimum atomic E-state index is -0.694. The Hall–Kier alpha value is -2.83. The summed E-state index contributed by atoms with van der Waals surface area (Å²) < 4.78 is 6.79. The predicted octanol–water partition coefficient (Wildman–Crippen LogP) is 5.48. The molecule has 0 aromatic heterocycles. The number of hydrogen-bond donors (Lipinski definition) is 1. The van der Waals surface area contributed by atoms with Crippen LogP contribution in [0.5, 0.6) is 5.75 Å². The topological polar surface area (TPSA) is 58.6 Å². The molecular formula is C27H28BrClN2O3. The molecular weight excluding hydrogens is 516 g/mol. The second-order valence-electron chi connectivity index (χ2n) is 8.13. The molecule has 5 nitrogen and oxygen atoms in total. The van der Waals surface area contributed by atoms with E-state index in [1.165, 1.54) is 0 Å². The molecule has 3 aromatic carbocycles. The van der Waals surface area contributed by atoms with Gasteiger partial charge in [0, 0.05) is 29.5 Å². The molecule has 34 heavy (non-hydrogen) atoms. The number of likely N-dealkylation sites (N-methyl/N-ethyl adjacent to an activating group) is 1. The van der Waals surface area contributed by atoms with E-state index in [0.717, 1.165) is 26.7 Å². The van der Waals surface area contributed by atoms with Crippen LogP contribution in [0.3, 0.4) is 0 Å². The maximum Gasteiger partial charge on any atom is 0.261 e. The van der Waals surface area contributed by atoms with Gasteiger partial charge in [-0.1, -0.05) is 70.0 Å². The highest BCUT2D eigenvalue weighted by molar-refractivity contribution is 9.10. The van der Waals surface area contributed by atoms with Crippen LogP contribution >= 0.6 is 27.5 Å². The minimum Gasteiger partial charge on any atom is -0.484 e. The summed E-state index contributed by atoms with van der Waals surface area (Å²) in [5, 5.41) is 3.39.